The topological polar surface area (TPSA) is 40.5 Å². The van der Waals surface area contributed by atoms with E-state index in [1.165, 1.54) is 6.08 Å². The molecule has 2 N–H and O–H groups in total. The first kappa shape index (κ1) is 8.40. The molecule has 0 saturated carbocycles. The Morgan fingerprint density at radius 3 is 2.22 bits per heavy atom. The lowest BCUT2D eigenvalue weighted by molar-refractivity contribution is 0.0514. The third kappa shape index (κ3) is 3.06. The first-order valence-corrected chi connectivity index (χ1v) is 2.82. The number of rotatable bonds is 4. The zero-order chi connectivity index (χ0) is 7.28. The van der Waals surface area contributed by atoms with Crippen molar-refractivity contribution in [2.24, 2.45) is 0 Å². The molecule has 0 saturated heterocycles. The third-order valence-electron chi connectivity index (χ3n) is 1.04. The Labute approximate surface area is 55.1 Å². The van der Waals surface area contributed by atoms with Crippen LogP contribution in [0.2, 0.25) is 0 Å². The second-order valence-electron chi connectivity index (χ2n) is 1.82. The van der Waals surface area contributed by atoms with Crippen LogP contribution in [-0.2, 0) is 0 Å². The quantitative estimate of drug-likeness (QED) is 0.540. The lowest BCUT2D eigenvalue weighted by Gasteiger charge is -2.10. The van der Waals surface area contributed by atoms with E-state index in [0.717, 1.165) is 0 Å². The Morgan fingerprint density at radius 2 is 1.89 bits per heavy atom. The van der Waals surface area contributed by atoms with Crippen LogP contribution in [0.3, 0.4) is 0 Å². The molecule has 0 rings (SSSR count). The largest absolute Gasteiger partial charge is 0.390 e. The minimum atomic E-state index is -0.831. The molecule has 0 aromatic carbocycles. The molecular weight excluding hydrogens is 116 g/mol. The van der Waals surface area contributed by atoms with Crippen molar-refractivity contribution in [2.75, 3.05) is 0 Å². The Hall–Kier alpha value is -0.600. The van der Waals surface area contributed by atoms with Crippen LogP contribution in [0, 0.1) is 0 Å². The van der Waals surface area contributed by atoms with Crippen LogP contribution in [0.1, 0.15) is 6.42 Å². The number of aliphatic hydroxyl groups excluding tert-OH is 2. The summed E-state index contributed by atoms with van der Waals surface area (Å²) in [7, 11) is 0. The summed E-state index contributed by atoms with van der Waals surface area (Å²) in [5, 5.41) is 17.8. The average Bonchev–Trinajstić information content (AvgIpc) is 1.87. The molecule has 0 aromatic heterocycles. The maximum atomic E-state index is 8.93. The van der Waals surface area contributed by atoms with E-state index in [4.69, 9.17) is 10.2 Å². The summed E-state index contributed by atoms with van der Waals surface area (Å²) in [6, 6.07) is 0. The molecule has 0 unspecified atom stereocenters. The predicted molar refractivity (Wildman–Crippen MR) is 37.0 cm³/mol. The molecule has 2 heteroatoms. The van der Waals surface area contributed by atoms with Gasteiger partial charge >= 0.3 is 0 Å². The highest BCUT2D eigenvalue weighted by atomic mass is 16.3. The lowest BCUT2D eigenvalue weighted by atomic mass is 10.1. The molecule has 0 heterocycles. The van der Waals surface area contributed by atoms with Crippen molar-refractivity contribution in [2.45, 2.75) is 18.6 Å². The molecule has 9 heavy (non-hydrogen) atoms. The highest BCUT2D eigenvalue weighted by molar-refractivity contribution is 4.87. The van der Waals surface area contributed by atoms with Gasteiger partial charge in [-0.1, -0.05) is 12.2 Å². The van der Waals surface area contributed by atoms with Gasteiger partial charge in [0.05, 0.1) is 12.2 Å². The molecule has 0 aromatic rings. The molecule has 2 nitrogen and oxygen atoms in total. The predicted octanol–water partition coefficient (Wildman–Crippen LogP) is 0.470. The van der Waals surface area contributed by atoms with Crippen LogP contribution in [0.25, 0.3) is 0 Å². The number of aliphatic hydroxyl groups is 2. The molecule has 0 aliphatic heterocycles. The average molecular weight is 128 g/mol. The summed E-state index contributed by atoms with van der Waals surface area (Å²) < 4.78 is 0. The lowest BCUT2D eigenvalue weighted by Crippen LogP contribution is -2.22. The molecule has 0 spiro atoms. The van der Waals surface area contributed by atoms with Crippen molar-refractivity contribution in [3.8, 4) is 0 Å². The van der Waals surface area contributed by atoms with E-state index in [1.807, 2.05) is 0 Å². The van der Waals surface area contributed by atoms with Gasteiger partial charge in [-0.15, -0.1) is 13.2 Å². The molecule has 2 atom stereocenters. The zero-order valence-electron chi connectivity index (χ0n) is 5.33. The molecular formula is C7H12O2. The van der Waals surface area contributed by atoms with Crippen molar-refractivity contribution in [1.82, 2.24) is 0 Å². The molecule has 52 valence electrons. The fraction of sp³-hybridized carbons (Fsp3) is 0.429. The molecule has 0 amide bonds. The van der Waals surface area contributed by atoms with Crippen LogP contribution in [0.5, 0.6) is 0 Å². The van der Waals surface area contributed by atoms with Gasteiger partial charge in [0.25, 0.3) is 0 Å². The maximum Gasteiger partial charge on any atom is 0.0980 e. The summed E-state index contributed by atoms with van der Waals surface area (Å²) >= 11 is 0. The van der Waals surface area contributed by atoms with Gasteiger partial charge in [-0.05, 0) is 6.42 Å². The van der Waals surface area contributed by atoms with Gasteiger partial charge < -0.3 is 10.2 Å². The maximum absolute atomic E-state index is 8.93. The van der Waals surface area contributed by atoms with Gasteiger partial charge in [-0.3, -0.25) is 0 Å². The fourth-order valence-corrected chi connectivity index (χ4v) is 0.467. The highest BCUT2D eigenvalue weighted by Crippen LogP contribution is 1.99. The summed E-state index contributed by atoms with van der Waals surface area (Å²) in [6.07, 6.45) is 1.67. The monoisotopic (exact) mass is 128 g/mol. The number of hydrogen-bond donors (Lipinski definition) is 2. The minimum absolute atomic E-state index is 0.396. The van der Waals surface area contributed by atoms with E-state index >= 15 is 0 Å². The van der Waals surface area contributed by atoms with Gasteiger partial charge in [-0.2, -0.15) is 0 Å². The Bertz CT molecular complexity index is 99.1. The van der Waals surface area contributed by atoms with E-state index in [0.29, 0.717) is 6.42 Å². The summed E-state index contributed by atoms with van der Waals surface area (Å²) in [5.74, 6) is 0. The van der Waals surface area contributed by atoms with Crippen LogP contribution in [-0.4, -0.2) is 22.4 Å². The van der Waals surface area contributed by atoms with E-state index in [1.54, 1.807) is 6.08 Å². The van der Waals surface area contributed by atoms with E-state index < -0.39 is 12.2 Å². The first-order chi connectivity index (χ1) is 4.22. The molecule has 0 radical (unpaired) electrons. The van der Waals surface area contributed by atoms with Gasteiger partial charge in [-0.25, -0.2) is 0 Å². The molecule has 0 aliphatic rings. The normalized spacial score (nSPS) is 16.2. The summed E-state index contributed by atoms with van der Waals surface area (Å²) in [4.78, 5) is 0. The zero-order valence-corrected chi connectivity index (χ0v) is 5.33. The van der Waals surface area contributed by atoms with E-state index in [9.17, 15) is 0 Å². The van der Waals surface area contributed by atoms with Crippen LogP contribution in [0.15, 0.2) is 25.3 Å². The Balaban J connectivity index is 3.56. The second-order valence-corrected chi connectivity index (χ2v) is 1.82. The SMILES string of the molecule is C=CC[C@@H](O)[C@H](O)C=C. The minimum Gasteiger partial charge on any atom is -0.390 e. The van der Waals surface area contributed by atoms with Crippen molar-refractivity contribution >= 4 is 0 Å². The van der Waals surface area contributed by atoms with Gasteiger partial charge in [0, 0.05) is 0 Å². The van der Waals surface area contributed by atoms with Crippen LogP contribution in [0.4, 0.5) is 0 Å². The van der Waals surface area contributed by atoms with Crippen molar-refractivity contribution < 1.29 is 10.2 Å². The Kier molecular flexibility index (Phi) is 4.01. The Morgan fingerprint density at radius 1 is 1.33 bits per heavy atom. The standard InChI is InChI=1S/C7H12O2/c1-3-5-7(9)6(8)4-2/h3-4,6-9H,1-2,5H2/t6-,7-/m1/s1. The third-order valence-corrected chi connectivity index (χ3v) is 1.04. The molecule has 0 fully saturated rings. The summed E-state index contributed by atoms with van der Waals surface area (Å²) in [6.45, 7) is 6.73. The first-order valence-electron chi connectivity index (χ1n) is 2.82. The highest BCUT2D eigenvalue weighted by Gasteiger charge is 2.08. The smallest absolute Gasteiger partial charge is 0.0980 e. The van der Waals surface area contributed by atoms with Crippen molar-refractivity contribution in [3.63, 3.8) is 0 Å². The van der Waals surface area contributed by atoms with Gasteiger partial charge in [0.15, 0.2) is 0 Å². The van der Waals surface area contributed by atoms with E-state index in [-0.39, 0.29) is 0 Å². The van der Waals surface area contributed by atoms with Crippen molar-refractivity contribution in [1.29, 1.82) is 0 Å². The van der Waals surface area contributed by atoms with Gasteiger partial charge in [0.1, 0.15) is 0 Å². The number of hydrogen-bond acceptors (Lipinski definition) is 2. The van der Waals surface area contributed by atoms with E-state index in [2.05, 4.69) is 13.2 Å². The van der Waals surface area contributed by atoms with Gasteiger partial charge in [0.2, 0.25) is 0 Å². The van der Waals surface area contributed by atoms with Crippen molar-refractivity contribution in [3.05, 3.63) is 25.3 Å². The molecule has 0 bridgehead atoms. The van der Waals surface area contributed by atoms with Crippen LogP contribution < -0.4 is 0 Å². The second kappa shape index (κ2) is 4.30. The summed E-state index contributed by atoms with van der Waals surface area (Å²) in [5.41, 5.74) is 0. The van der Waals surface area contributed by atoms with Crippen LogP contribution >= 0.6 is 0 Å². The fourth-order valence-electron chi connectivity index (χ4n) is 0.467. The molecule has 0 aliphatic carbocycles.